The van der Waals surface area contributed by atoms with Gasteiger partial charge in [-0.15, -0.1) is 0 Å². The highest BCUT2D eigenvalue weighted by atomic mass is 16.6. The normalized spacial score (nSPS) is 17.5. The van der Waals surface area contributed by atoms with Crippen LogP contribution in [0.3, 0.4) is 0 Å². The topological polar surface area (TPSA) is 114 Å². The summed E-state index contributed by atoms with van der Waals surface area (Å²) < 4.78 is 10.2. The minimum atomic E-state index is -1.04. The summed E-state index contributed by atoms with van der Waals surface area (Å²) in [5.74, 6) is -1.30. The van der Waals surface area contributed by atoms with E-state index in [1.54, 1.807) is 27.7 Å². The zero-order chi connectivity index (χ0) is 23.4. The smallest absolute Gasteiger partial charge is 0.408 e. The van der Waals surface area contributed by atoms with Gasteiger partial charge in [-0.05, 0) is 51.6 Å². The SMILES string of the molecule is CC[C@H](C)[C@H](NC(=O)OC(C)(C)C)C(=O)O.O=C(OCc1ccccc1)[C@@H]1CCCN1. The van der Waals surface area contributed by atoms with Gasteiger partial charge < -0.3 is 25.2 Å². The van der Waals surface area contributed by atoms with Crippen LogP contribution in [0.4, 0.5) is 4.79 Å². The minimum absolute atomic E-state index is 0.0892. The summed E-state index contributed by atoms with van der Waals surface area (Å²) in [5.41, 5.74) is 0.409. The molecule has 1 fully saturated rings. The molecule has 1 amide bonds. The van der Waals surface area contributed by atoms with Gasteiger partial charge >= 0.3 is 18.0 Å². The number of rotatable bonds is 7. The predicted octanol–water partition coefficient (Wildman–Crippen LogP) is 3.49. The maximum atomic E-state index is 11.5. The van der Waals surface area contributed by atoms with Gasteiger partial charge in [0.25, 0.3) is 0 Å². The summed E-state index contributed by atoms with van der Waals surface area (Å²) in [6.07, 6.45) is 1.94. The summed E-state index contributed by atoms with van der Waals surface area (Å²) >= 11 is 0. The number of benzene rings is 1. The molecule has 174 valence electrons. The fourth-order valence-corrected chi connectivity index (χ4v) is 2.83. The molecule has 3 atom stereocenters. The largest absolute Gasteiger partial charge is 0.480 e. The summed E-state index contributed by atoms with van der Waals surface area (Å²) in [6, 6.07) is 8.75. The zero-order valence-electron chi connectivity index (χ0n) is 19.1. The van der Waals surface area contributed by atoms with E-state index in [0.29, 0.717) is 13.0 Å². The van der Waals surface area contributed by atoms with Crippen molar-refractivity contribution in [2.24, 2.45) is 5.92 Å². The second-order valence-corrected chi connectivity index (χ2v) is 8.59. The number of aliphatic carboxylic acids is 1. The Hall–Kier alpha value is -2.61. The first-order valence-electron chi connectivity index (χ1n) is 10.7. The van der Waals surface area contributed by atoms with Crippen LogP contribution in [0.5, 0.6) is 0 Å². The molecule has 1 aromatic rings. The predicted molar refractivity (Wildman–Crippen MR) is 118 cm³/mol. The van der Waals surface area contributed by atoms with Gasteiger partial charge in [0.2, 0.25) is 0 Å². The number of carbonyl (C=O) groups excluding carboxylic acids is 2. The van der Waals surface area contributed by atoms with Crippen LogP contribution in [0.15, 0.2) is 30.3 Å². The van der Waals surface area contributed by atoms with Crippen molar-refractivity contribution >= 4 is 18.0 Å². The van der Waals surface area contributed by atoms with Crippen molar-refractivity contribution in [1.82, 2.24) is 10.6 Å². The summed E-state index contributed by atoms with van der Waals surface area (Å²) in [6.45, 7) is 10.1. The van der Waals surface area contributed by atoms with E-state index in [2.05, 4.69) is 10.6 Å². The van der Waals surface area contributed by atoms with Crippen molar-refractivity contribution in [3.8, 4) is 0 Å². The number of hydrogen-bond acceptors (Lipinski definition) is 6. The second-order valence-electron chi connectivity index (χ2n) is 8.59. The Morgan fingerprint density at radius 1 is 1.23 bits per heavy atom. The van der Waals surface area contributed by atoms with E-state index in [9.17, 15) is 14.4 Å². The Kier molecular flexibility index (Phi) is 11.0. The molecule has 1 aliphatic heterocycles. The highest BCUT2D eigenvalue weighted by Gasteiger charge is 2.27. The molecule has 31 heavy (non-hydrogen) atoms. The quantitative estimate of drug-likeness (QED) is 0.561. The lowest BCUT2D eigenvalue weighted by Crippen LogP contribution is -2.46. The lowest BCUT2D eigenvalue weighted by molar-refractivity contribution is -0.147. The van der Waals surface area contributed by atoms with Crippen molar-refractivity contribution in [3.05, 3.63) is 35.9 Å². The second kappa shape index (κ2) is 12.9. The number of carboxylic acids is 1. The molecular formula is C23H36N2O6. The third kappa shape index (κ3) is 10.8. The molecule has 1 aromatic carbocycles. The summed E-state index contributed by atoms with van der Waals surface area (Å²) in [7, 11) is 0. The standard InChI is InChI=1S/C12H15NO2.C11H21NO4/c14-12(11-7-4-8-13-11)15-9-10-5-2-1-3-6-10;1-6-7(2)8(9(13)14)12-10(15)16-11(3,4)5/h1-3,5-6,11,13H,4,7-9H2;7-8H,6H2,1-5H3,(H,12,15)(H,13,14)/t11-;7-,8-/m00/s1. The van der Waals surface area contributed by atoms with Gasteiger partial charge in [-0.2, -0.15) is 0 Å². The lowest BCUT2D eigenvalue weighted by atomic mass is 10.00. The first-order valence-corrected chi connectivity index (χ1v) is 10.7. The van der Waals surface area contributed by atoms with Crippen molar-refractivity contribution in [3.63, 3.8) is 0 Å². The van der Waals surface area contributed by atoms with Gasteiger partial charge in [0.1, 0.15) is 24.3 Å². The van der Waals surface area contributed by atoms with Crippen LogP contribution in [0, 0.1) is 5.92 Å². The molecule has 1 heterocycles. The third-order valence-electron chi connectivity index (χ3n) is 4.72. The number of carbonyl (C=O) groups is 3. The van der Waals surface area contributed by atoms with Crippen molar-refractivity contribution in [1.29, 1.82) is 0 Å². The van der Waals surface area contributed by atoms with Crippen LogP contribution in [0.25, 0.3) is 0 Å². The number of esters is 1. The molecule has 0 aliphatic carbocycles. The number of nitrogens with one attached hydrogen (secondary N) is 2. The highest BCUT2D eigenvalue weighted by Crippen LogP contribution is 2.11. The Labute approximate surface area is 184 Å². The molecule has 3 N–H and O–H groups in total. The van der Waals surface area contributed by atoms with E-state index in [0.717, 1.165) is 24.9 Å². The van der Waals surface area contributed by atoms with E-state index >= 15 is 0 Å². The molecule has 0 spiro atoms. The molecule has 0 unspecified atom stereocenters. The fourth-order valence-electron chi connectivity index (χ4n) is 2.83. The van der Waals surface area contributed by atoms with Crippen molar-refractivity contribution < 1.29 is 29.0 Å². The van der Waals surface area contributed by atoms with Gasteiger partial charge in [-0.25, -0.2) is 9.59 Å². The molecule has 2 rings (SSSR count). The fraction of sp³-hybridized carbons (Fsp3) is 0.609. The minimum Gasteiger partial charge on any atom is -0.480 e. The van der Waals surface area contributed by atoms with E-state index in [1.807, 2.05) is 37.3 Å². The maximum Gasteiger partial charge on any atom is 0.408 e. The number of ether oxygens (including phenoxy) is 2. The van der Waals surface area contributed by atoms with Gasteiger partial charge in [-0.1, -0.05) is 50.6 Å². The average Bonchev–Trinajstić information content (AvgIpc) is 3.24. The molecule has 0 saturated carbocycles. The van der Waals surface area contributed by atoms with E-state index in [-0.39, 0.29) is 17.9 Å². The van der Waals surface area contributed by atoms with Gasteiger partial charge in [0.05, 0.1) is 0 Å². The third-order valence-corrected chi connectivity index (χ3v) is 4.72. The Morgan fingerprint density at radius 2 is 1.87 bits per heavy atom. The molecular weight excluding hydrogens is 400 g/mol. The Bertz CT molecular complexity index is 696. The molecule has 0 aromatic heterocycles. The van der Waals surface area contributed by atoms with E-state index in [1.165, 1.54) is 0 Å². The van der Waals surface area contributed by atoms with Gasteiger partial charge in [0, 0.05) is 0 Å². The first kappa shape index (κ1) is 26.4. The zero-order valence-corrected chi connectivity index (χ0v) is 19.1. The number of amides is 1. The van der Waals surface area contributed by atoms with Gasteiger partial charge in [0.15, 0.2) is 0 Å². The number of carboxylic acid groups (broad SMARTS) is 1. The highest BCUT2D eigenvalue weighted by molar-refractivity contribution is 5.80. The monoisotopic (exact) mass is 436 g/mol. The average molecular weight is 437 g/mol. The molecule has 8 nitrogen and oxygen atoms in total. The van der Waals surface area contributed by atoms with Crippen LogP contribution >= 0.6 is 0 Å². The molecule has 1 saturated heterocycles. The lowest BCUT2D eigenvalue weighted by Gasteiger charge is -2.24. The maximum absolute atomic E-state index is 11.5. The van der Waals surface area contributed by atoms with Gasteiger partial charge in [-0.3, -0.25) is 4.79 Å². The summed E-state index contributed by atoms with van der Waals surface area (Å²) in [4.78, 5) is 33.9. The molecule has 0 bridgehead atoms. The number of alkyl carbamates (subject to hydrolysis) is 1. The Morgan fingerprint density at radius 3 is 2.35 bits per heavy atom. The molecule has 0 radical (unpaired) electrons. The molecule has 8 heteroatoms. The van der Waals surface area contributed by atoms with Crippen molar-refractivity contribution in [2.45, 2.75) is 78.2 Å². The van der Waals surface area contributed by atoms with Crippen molar-refractivity contribution in [2.75, 3.05) is 6.54 Å². The van der Waals surface area contributed by atoms with Crippen LogP contribution in [-0.4, -0.2) is 47.4 Å². The number of hydrogen-bond donors (Lipinski definition) is 3. The van der Waals surface area contributed by atoms with Crippen LogP contribution in [-0.2, 0) is 25.7 Å². The Balaban J connectivity index is 0.000000310. The van der Waals surface area contributed by atoms with Crippen LogP contribution < -0.4 is 10.6 Å². The van der Waals surface area contributed by atoms with Crippen LogP contribution in [0.1, 0.15) is 59.4 Å². The van der Waals surface area contributed by atoms with E-state index in [4.69, 9.17) is 14.6 Å². The van der Waals surface area contributed by atoms with E-state index < -0.39 is 23.7 Å². The summed E-state index contributed by atoms with van der Waals surface area (Å²) in [5, 5.41) is 14.4. The molecule has 1 aliphatic rings. The first-order chi connectivity index (χ1) is 14.5. The van der Waals surface area contributed by atoms with Crippen LogP contribution in [0.2, 0.25) is 0 Å².